The number of aromatic nitrogens is 2. The van der Waals surface area contributed by atoms with Crippen molar-refractivity contribution in [3.8, 4) is 0 Å². The molecule has 0 bridgehead atoms. The number of rotatable bonds is 6. The minimum atomic E-state index is -0.192. The molecule has 3 aromatic rings. The summed E-state index contributed by atoms with van der Waals surface area (Å²) in [5, 5.41) is 3.20. The summed E-state index contributed by atoms with van der Waals surface area (Å²) in [4.78, 5) is 28.3. The number of carbonyl (C=O) groups excluding carboxylic acids is 2. The maximum Gasteiger partial charge on any atom is 0.220 e. The van der Waals surface area contributed by atoms with Crippen LogP contribution in [0.25, 0.3) is 5.52 Å². The lowest BCUT2D eigenvalue weighted by Crippen LogP contribution is -2.24. The van der Waals surface area contributed by atoms with Crippen LogP contribution in [0, 0.1) is 0 Å². The molecule has 24 heavy (non-hydrogen) atoms. The largest absolute Gasteiger partial charge is 0.349 e. The van der Waals surface area contributed by atoms with E-state index in [0.29, 0.717) is 17.1 Å². The molecule has 2 heterocycles. The summed E-state index contributed by atoms with van der Waals surface area (Å²) in [7, 11) is 0. The molecule has 6 heteroatoms. The monoisotopic (exact) mass is 341 g/mol. The first-order valence-corrected chi connectivity index (χ1v) is 7.98. The number of imidazole rings is 1. The smallest absolute Gasteiger partial charge is 0.220 e. The number of nitrogens with one attached hydrogen (secondary N) is 1. The van der Waals surface area contributed by atoms with Gasteiger partial charge in [0.15, 0.2) is 5.78 Å². The van der Waals surface area contributed by atoms with Gasteiger partial charge in [0.25, 0.3) is 0 Å². The second-order valence-electron chi connectivity index (χ2n) is 5.35. The van der Waals surface area contributed by atoms with Crippen molar-refractivity contribution in [3.05, 3.63) is 71.3 Å². The van der Waals surface area contributed by atoms with E-state index in [1.807, 2.05) is 28.8 Å². The summed E-state index contributed by atoms with van der Waals surface area (Å²) in [6, 6.07) is 12.6. The number of Topliss-reactive ketones (excluding diaryl/α,β-unsaturated/α-hetero) is 1. The molecule has 0 aliphatic carbocycles. The maximum atomic E-state index is 12.1. The van der Waals surface area contributed by atoms with Crippen LogP contribution in [0.5, 0.6) is 0 Å². The number of halogens is 1. The van der Waals surface area contributed by atoms with Crippen LogP contribution < -0.4 is 5.32 Å². The number of pyridine rings is 1. The van der Waals surface area contributed by atoms with Crippen LogP contribution in [0.2, 0.25) is 5.02 Å². The Labute approximate surface area is 144 Å². The standard InChI is InChI=1S/C18H16ClN3O2/c19-15-7-2-1-6-14(15)16(23)8-9-18(24)21-12-17-20-11-13-5-3-4-10-22(13)17/h1-7,10-11H,8-9,12H2,(H,21,24). The first-order valence-electron chi connectivity index (χ1n) is 7.60. The maximum absolute atomic E-state index is 12.1. The zero-order chi connectivity index (χ0) is 16.9. The van der Waals surface area contributed by atoms with Crippen molar-refractivity contribution in [3.63, 3.8) is 0 Å². The zero-order valence-corrected chi connectivity index (χ0v) is 13.7. The third kappa shape index (κ3) is 3.63. The SMILES string of the molecule is O=C(CCC(=O)c1ccccc1Cl)NCc1ncc2ccccn12. The van der Waals surface area contributed by atoms with Crippen molar-refractivity contribution < 1.29 is 9.59 Å². The Bertz CT molecular complexity index is 889. The highest BCUT2D eigenvalue weighted by atomic mass is 35.5. The van der Waals surface area contributed by atoms with Crippen LogP contribution in [0.3, 0.4) is 0 Å². The molecular formula is C18H16ClN3O2. The summed E-state index contributed by atoms with van der Waals surface area (Å²) in [6.07, 6.45) is 3.89. The summed E-state index contributed by atoms with van der Waals surface area (Å²) in [5.74, 6) is 0.418. The van der Waals surface area contributed by atoms with Gasteiger partial charge in [0.05, 0.1) is 23.3 Å². The molecule has 0 spiro atoms. The van der Waals surface area contributed by atoms with Crippen molar-refractivity contribution >= 4 is 28.8 Å². The molecule has 0 saturated heterocycles. The van der Waals surface area contributed by atoms with Gasteiger partial charge in [0.2, 0.25) is 5.91 Å². The fourth-order valence-corrected chi connectivity index (χ4v) is 2.69. The van der Waals surface area contributed by atoms with Gasteiger partial charge in [-0.25, -0.2) is 4.98 Å². The number of ketones is 1. The first kappa shape index (κ1) is 16.2. The average Bonchev–Trinajstić information content (AvgIpc) is 3.01. The molecule has 0 unspecified atom stereocenters. The Morgan fingerprint density at radius 1 is 1.08 bits per heavy atom. The molecule has 0 saturated carbocycles. The Kier molecular flexibility index (Phi) is 4.91. The van der Waals surface area contributed by atoms with Crippen LogP contribution in [0.15, 0.2) is 54.9 Å². The van der Waals surface area contributed by atoms with Gasteiger partial charge in [0.1, 0.15) is 5.82 Å². The molecule has 3 rings (SSSR count). The van der Waals surface area contributed by atoms with Crippen LogP contribution in [0.1, 0.15) is 29.0 Å². The van der Waals surface area contributed by atoms with Crippen LogP contribution in [-0.4, -0.2) is 21.1 Å². The number of fused-ring (bicyclic) bond motifs is 1. The molecule has 0 fully saturated rings. The Balaban J connectivity index is 1.53. The second-order valence-corrected chi connectivity index (χ2v) is 5.76. The lowest BCUT2D eigenvalue weighted by Gasteiger charge is -2.06. The summed E-state index contributed by atoms with van der Waals surface area (Å²) in [5.41, 5.74) is 1.42. The molecule has 5 nitrogen and oxygen atoms in total. The van der Waals surface area contributed by atoms with Gasteiger partial charge in [0, 0.05) is 24.6 Å². The third-order valence-corrected chi connectivity index (χ3v) is 4.04. The van der Waals surface area contributed by atoms with E-state index in [9.17, 15) is 9.59 Å². The van der Waals surface area contributed by atoms with Crippen molar-refractivity contribution in [2.75, 3.05) is 0 Å². The highest BCUT2D eigenvalue weighted by Gasteiger charge is 2.12. The molecule has 2 aromatic heterocycles. The summed E-state index contributed by atoms with van der Waals surface area (Å²) >= 11 is 5.99. The van der Waals surface area contributed by atoms with Crippen molar-refractivity contribution in [1.82, 2.24) is 14.7 Å². The zero-order valence-electron chi connectivity index (χ0n) is 12.9. The van der Waals surface area contributed by atoms with E-state index in [1.165, 1.54) is 0 Å². The number of hydrogen-bond acceptors (Lipinski definition) is 3. The third-order valence-electron chi connectivity index (χ3n) is 3.71. The number of benzene rings is 1. The highest BCUT2D eigenvalue weighted by molar-refractivity contribution is 6.34. The lowest BCUT2D eigenvalue weighted by atomic mass is 10.1. The Hall–Kier alpha value is -2.66. The van der Waals surface area contributed by atoms with Gasteiger partial charge in [-0.1, -0.05) is 29.8 Å². The van der Waals surface area contributed by atoms with Crippen LogP contribution in [-0.2, 0) is 11.3 Å². The van der Waals surface area contributed by atoms with Crippen molar-refractivity contribution in [2.24, 2.45) is 0 Å². The van der Waals surface area contributed by atoms with Crippen LogP contribution in [0.4, 0.5) is 0 Å². The lowest BCUT2D eigenvalue weighted by molar-refractivity contribution is -0.121. The van der Waals surface area contributed by atoms with E-state index < -0.39 is 0 Å². The van der Waals surface area contributed by atoms with E-state index in [-0.39, 0.29) is 24.5 Å². The molecule has 1 amide bonds. The van der Waals surface area contributed by atoms with Gasteiger partial charge >= 0.3 is 0 Å². The fraction of sp³-hybridized carbons (Fsp3) is 0.167. The number of carbonyl (C=O) groups is 2. The Morgan fingerprint density at radius 2 is 1.88 bits per heavy atom. The minimum absolute atomic E-state index is 0.118. The van der Waals surface area contributed by atoms with Crippen LogP contribution >= 0.6 is 11.6 Å². The average molecular weight is 342 g/mol. The van der Waals surface area contributed by atoms with E-state index in [1.54, 1.807) is 30.5 Å². The fourth-order valence-electron chi connectivity index (χ4n) is 2.45. The molecular weight excluding hydrogens is 326 g/mol. The van der Waals surface area contributed by atoms with Crippen molar-refractivity contribution in [1.29, 1.82) is 0 Å². The second kappa shape index (κ2) is 7.27. The molecule has 1 aromatic carbocycles. The summed E-state index contributed by atoms with van der Waals surface area (Å²) < 4.78 is 1.91. The summed E-state index contributed by atoms with van der Waals surface area (Å²) in [6.45, 7) is 0.317. The van der Waals surface area contributed by atoms with Gasteiger partial charge in [-0.2, -0.15) is 0 Å². The predicted molar refractivity (Wildman–Crippen MR) is 92.1 cm³/mol. The van der Waals surface area contributed by atoms with E-state index in [4.69, 9.17) is 11.6 Å². The van der Waals surface area contributed by atoms with Gasteiger partial charge in [-0.15, -0.1) is 0 Å². The molecule has 122 valence electrons. The molecule has 1 N–H and O–H groups in total. The molecule has 0 aliphatic rings. The van der Waals surface area contributed by atoms with Crippen molar-refractivity contribution in [2.45, 2.75) is 19.4 Å². The predicted octanol–water partition coefficient (Wildman–Crippen LogP) is 3.27. The molecule has 0 radical (unpaired) electrons. The minimum Gasteiger partial charge on any atom is -0.349 e. The molecule has 0 aliphatic heterocycles. The Morgan fingerprint density at radius 3 is 2.71 bits per heavy atom. The quantitative estimate of drug-likeness (QED) is 0.700. The topological polar surface area (TPSA) is 63.5 Å². The van der Waals surface area contributed by atoms with E-state index >= 15 is 0 Å². The normalized spacial score (nSPS) is 10.7. The van der Waals surface area contributed by atoms with E-state index in [0.717, 1.165) is 11.3 Å². The van der Waals surface area contributed by atoms with Gasteiger partial charge in [-0.3, -0.25) is 9.59 Å². The number of hydrogen-bond donors (Lipinski definition) is 1. The number of amides is 1. The highest BCUT2D eigenvalue weighted by Crippen LogP contribution is 2.17. The molecule has 0 atom stereocenters. The first-order chi connectivity index (χ1) is 11.6. The van der Waals surface area contributed by atoms with Gasteiger partial charge in [-0.05, 0) is 24.3 Å². The number of nitrogens with zero attached hydrogens (tertiary/aromatic N) is 2. The van der Waals surface area contributed by atoms with E-state index in [2.05, 4.69) is 10.3 Å². The van der Waals surface area contributed by atoms with Gasteiger partial charge < -0.3 is 9.72 Å².